The van der Waals surface area contributed by atoms with Crippen LogP contribution in [0.3, 0.4) is 0 Å². The topological polar surface area (TPSA) is 173 Å². The van der Waals surface area contributed by atoms with Gasteiger partial charge in [-0.3, -0.25) is 9.69 Å². The zero-order valence-electron chi connectivity index (χ0n) is 21.7. The SMILES string of the molecule is CCCC(=N)c1nc(-c2cc([S+]([O-])N3CC(N4CC(CO[N+](=O)[O-])C4)C3)ccc2OCC)[nH]c(=O)c1NC. The number of likely N-dealkylation sites (tertiary alicyclic amines) is 1. The van der Waals surface area contributed by atoms with Gasteiger partial charge >= 0.3 is 0 Å². The predicted octanol–water partition coefficient (Wildman–Crippen LogP) is 1.89. The van der Waals surface area contributed by atoms with Crippen molar-refractivity contribution in [3.8, 4) is 17.1 Å². The van der Waals surface area contributed by atoms with Crippen molar-refractivity contribution in [1.29, 1.82) is 5.41 Å². The Bertz CT molecular complexity index is 1230. The Labute approximate surface area is 223 Å². The smallest absolute Gasteiger partial charge is 0.294 e. The fraction of sp³-hybridized carbons (Fsp3) is 0.542. The third kappa shape index (κ3) is 5.93. The molecule has 2 aliphatic rings. The Morgan fingerprint density at radius 3 is 2.68 bits per heavy atom. The molecule has 3 heterocycles. The molecule has 2 aromatic rings. The van der Waals surface area contributed by atoms with E-state index in [0.29, 0.717) is 42.3 Å². The maximum Gasteiger partial charge on any atom is 0.294 e. The molecule has 0 bridgehead atoms. The van der Waals surface area contributed by atoms with Crippen molar-refractivity contribution in [2.75, 3.05) is 51.8 Å². The van der Waals surface area contributed by atoms with E-state index in [9.17, 15) is 19.5 Å². The van der Waals surface area contributed by atoms with Crippen molar-refractivity contribution in [3.63, 3.8) is 0 Å². The van der Waals surface area contributed by atoms with Gasteiger partial charge < -0.3 is 29.8 Å². The molecule has 13 nitrogen and oxygen atoms in total. The summed E-state index contributed by atoms with van der Waals surface area (Å²) in [6.45, 7) is 6.98. The first-order chi connectivity index (χ1) is 18.2. The summed E-state index contributed by atoms with van der Waals surface area (Å²) in [4.78, 5) is 37.8. The van der Waals surface area contributed by atoms with Gasteiger partial charge in [-0.05, 0) is 25.5 Å². The zero-order valence-corrected chi connectivity index (χ0v) is 22.5. The lowest BCUT2D eigenvalue weighted by molar-refractivity contribution is -0.759. The van der Waals surface area contributed by atoms with E-state index >= 15 is 0 Å². The Morgan fingerprint density at radius 2 is 2.05 bits per heavy atom. The summed E-state index contributed by atoms with van der Waals surface area (Å²) in [5.74, 6) is 0.880. The summed E-state index contributed by atoms with van der Waals surface area (Å²) in [5, 5.41) is 20.8. The molecule has 1 atom stereocenters. The highest BCUT2D eigenvalue weighted by Gasteiger charge is 2.44. The quantitative estimate of drug-likeness (QED) is 0.145. The number of rotatable bonds is 13. The fourth-order valence-corrected chi connectivity index (χ4v) is 5.93. The summed E-state index contributed by atoms with van der Waals surface area (Å²) < 4.78 is 21.0. The molecule has 3 N–H and O–H groups in total. The number of anilines is 1. The number of ether oxygens (including phenoxy) is 1. The Balaban J connectivity index is 1.51. The van der Waals surface area contributed by atoms with E-state index in [2.05, 4.69) is 25.0 Å². The number of hydrogen-bond donors (Lipinski definition) is 3. The first kappa shape index (κ1) is 27.8. The predicted molar refractivity (Wildman–Crippen MR) is 143 cm³/mol. The number of benzene rings is 1. The van der Waals surface area contributed by atoms with Gasteiger partial charge in [-0.1, -0.05) is 13.3 Å². The molecule has 2 aliphatic heterocycles. The van der Waals surface area contributed by atoms with Gasteiger partial charge in [0.1, 0.15) is 29.6 Å². The van der Waals surface area contributed by atoms with Crippen LogP contribution in [0.25, 0.3) is 11.4 Å². The van der Waals surface area contributed by atoms with Crippen LogP contribution in [-0.2, 0) is 16.2 Å². The second-order valence-electron chi connectivity index (χ2n) is 9.30. The van der Waals surface area contributed by atoms with Crippen molar-refractivity contribution >= 4 is 22.8 Å². The lowest BCUT2D eigenvalue weighted by Gasteiger charge is -2.50. The Hall–Kier alpha value is -3.20. The number of aromatic amines is 1. The molecule has 206 valence electrons. The van der Waals surface area contributed by atoms with Crippen molar-refractivity contribution < 1.29 is 19.2 Å². The highest BCUT2D eigenvalue weighted by molar-refractivity contribution is 7.89. The second kappa shape index (κ2) is 12.1. The minimum atomic E-state index is -1.44. The van der Waals surface area contributed by atoms with E-state index in [-0.39, 0.29) is 41.5 Å². The standard InChI is InChI=1S/C24H33N7O6S/c1-4-6-19(25)21-22(26-3)24(32)28-23(27-21)18-9-17(7-8-20(18)36-5-2)38(35)30-12-16(13-30)29-10-15(11-29)14-37-31(33)34/h7-9,15-16,25-26H,4-6,10-14H2,1-3H3,(H,27,28,32). The van der Waals surface area contributed by atoms with Crippen molar-refractivity contribution in [2.24, 2.45) is 5.92 Å². The molecule has 0 amide bonds. The maximum absolute atomic E-state index is 13.4. The molecule has 2 fully saturated rings. The zero-order chi connectivity index (χ0) is 27.4. The number of aromatic nitrogens is 2. The van der Waals surface area contributed by atoms with E-state index in [1.165, 1.54) is 0 Å². The van der Waals surface area contributed by atoms with Crippen molar-refractivity contribution in [2.45, 2.75) is 37.6 Å². The normalized spacial score (nSPS) is 17.4. The first-order valence-electron chi connectivity index (χ1n) is 12.6. The summed E-state index contributed by atoms with van der Waals surface area (Å²) >= 11 is -1.44. The summed E-state index contributed by atoms with van der Waals surface area (Å²) in [5.41, 5.74) is 0.867. The Kier molecular flexibility index (Phi) is 8.87. The maximum atomic E-state index is 13.4. The van der Waals surface area contributed by atoms with E-state index in [1.807, 2.05) is 18.2 Å². The third-order valence-corrected chi connectivity index (χ3v) is 8.07. The molecular formula is C24H33N7O6S. The van der Waals surface area contributed by atoms with Crippen LogP contribution in [0.2, 0.25) is 0 Å². The van der Waals surface area contributed by atoms with Gasteiger partial charge in [-0.25, -0.2) is 4.98 Å². The molecule has 2 saturated heterocycles. The van der Waals surface area contributed by atoms with Gasteiger partial charge in [0.05, 0.1) is 42.3 Å². The molecule has 4 rings (SSSR count). The fourth-order valence-electron chi connectivity index (χ4n) is 4.62. The lowest BCUT2D eigenvalue weighted by atomic mass is 9.96. The van der Waals surface area contributed by atoms with Crippen LogP contribution in [0.15, 0.2) is 27.9 Å². The minimum absolute atomic E-state index is 0.103. The van der Waals surface area contributed by atoms with Crippen LogP contribution >= 0.6 is 0 Å². The van der Waals surface area contributed by atoms with Crippen LogP contribution < -0.4 is 15.6 Å². The number of hydrogen-bond acceptors (Lipinski definition) is 11. The van der Waals surface area contributed by atoms with Crippen molar-refractivity contribution in [3.05, 3.63) is 44.4 Å². The highest BCUT2D eigenvalue weighted by atomic mass is 32.2. The van der Waals surface area contributed by atoms with E-state index in [4.69, 9.17) is 10.1 Å². The van der Waals surface area contributed by atoms with Crippen LogP contribution in [0.4, 0.5) is 5.69 Å². The van der Waals surface area contributed by atoms with E-state index < -0.39 is 22.0 Å². The first-order valence-corrected chi connectivity index (χ1v) is 13.7. The molecule has 1 unspecified atom stereocenters. The number of nitrogens with one attached hydrogen (secondary N) is 3. The van der Waals surface area contributed by atoms with Crippen LogP contribution in [-0.4, -0.2) is 87.0 Å². The van der Waals surface area contributed by atoms with Gasteiger partial charge in [0.2, 0.25) is 0 Å². The molecule has 0 saturated carbocycles. The highest BCUT2D eigenvalue weighted by Crippen LogP contribution is 2.34. The van der Waals surface area contributed by atoms with Gasteiger partial charge in [0, 0.05) is 38.2 Å². The van der Waals surface area contributed by atoms with Crippen LogP contribution in [0, 0.1) is 21.4 Å². The molecule has 38 heavy (non-hydrogen) atoms. The molecule has 0 radical (unpaired) electrons. The number of H-pyrrole nitrogens is 1. The lowest BCUT2D eigenvalue weighted by Crippen LogP contribution is -2.66. The molecule has 0 spiro atoms. The monoisotopic (exact) mass is 547 g/mol. The summed E-state index contributed by atoms with van der Waals surface area (Å²) in [6.07, 6.45) is 1.22. The average Bonchev–Trinajstić information content (AvgIpc) is 2.83. The molecule has 14 heteroatoms. The molecule has 0 aliphatic carbocycles. The number of nitrogens with zero attached hydrogens (tertiary/aromatic N) is 4. The van der Waals surface area contributed by atoms with Gasteiger partial charge in [-0.2, -0.15) is 0 Å². The summed E-state index contributed by atoms with van der Waals surface area (Å²) in [7, 11) is 1.62. The average molecular weight is 548 g/mol. The molecular weight excluding hydrogens is 514 g/mol. The van der Waals surface area contributed by atoms with Gasteiger partial charge in [-0.15, -0.1) is 14.4 Å². The van der Waals surface area contributed by atoms with Crippen LogP contribution in [0.5, 0.6) is 5.75 Å². The minimum Gasteiger partial charge on any atom is -0.593 e. The molecule has 1 aromatic heterocycles. The second-order valence-corrected chi connectivity index (χ2v) is 10.8. The van der Waals surface area contributed by atoms with Crippen LogP contribution in [0.1, 0.15) is 32.4 Å². The van der Waals surface area contributed by atoms with Crippen molar-refractivity contribution in [1.82, 2.24) is 19.2 Å². The summed E-state index contributed by atoms with van der Waals surface area (Å²) in [6, 6.07) is 5.43. The molecule has 1 aromatic carbocycles. The van der Waals surface area contributed by atoms with Gasteiger partial charge in [0.25, 0.3) is 10.6 Å². The largest absolute Gasteiger partial charge is 0.593 e. The third-order valence-electron chi connectivity index (χ3n) is 6.64. The van der Waals surface area contributed by atoms with Gasteiger partial charge in [0.15, 0.2) is 4.90 Å². The van der Waals surface area contributed by atoms with E-state index in [0.717, 1.165) is 19.5 Å². The Morgan fingerprint density at radius 1 is 1.32 bits per heavy atom. The van der Waals surface area contributed by atoms with E-state index in [1.54, 1.807) is 25.2 Å².